The number of fused-ring (bicyclic) bond motifs is 2. The van der Waals surface area contributed by atoms with Crippen LogP contribution in [0, 0.1) is 5.82 Å². The molecule has 1 amide bonds. The first kappa shape index (κ1) is 20.1. The zero-order chi connectivity index (χ0) is 21.3. The highest BCUT2D eigenvalue weighted by molar-refractivity contribution is 5.99. The summed E-state index contributed by atoms with van der Waals surface area (Å²) < 4.78 is 30.5. The van der Waals surface area contributed by atoms with E-state index in [9.17, 15) is 14.0 Å². The molecule has 1 atom stereocenters. The topological polar surface area (TPSA) is 69.0 Å². The van der Waals surface area contributed by atoms with Crippen LogP contribution in [-0.4, -0.2) is 37.7 Å². The van der Waals surface area contributed by atoms with Gasteiger partial charge in [0.25, 0.3) is 5.91 Å². The third-order valence-corrected chi connectivity index (χ3v) is 5.11. The van der Waals surface area contributed by atoms with Gasteiger partial charge in [-0.05, 0) is 42.3 Å². The summed E-state index contributed by atoms with van der Waals surface area (Å²) in [6.45, 7) is 3.14. The molecule has 0 fully saturated rings. The quantitative estimate of drug-likeness (QED) is 0.590. The minimum absolute atomic E-state index is 0.0138. The number of methoxy groups -OCH3 is 1. The van der Waals surface area contributed by atoms with Gasteiger partial charge in [0.05, 0.1) is 30.2 Å². The molecule has 6 nitrogen and oxygen atoms in total. The van der Waals surface area contributed by atoms with Gasteiger partial charge in [-0.1, -0.05) is 19.1 Å². The number of benzene rings is 2. The third-order valence-electron chi connectivity index (χ3n) is 5.11. The standard InChI is InChI=1S/C23H22FNO5/c1-3-10-29-16-6-4-5-14(12-16)20-19-21(26)17-13-15(24)7-8-18(17)30-22(19)23(27)25(20)9-11-28-2/h4-8,12-13,20H,3,9-11H2,1-2H3. The van der Waals surface area contributed by atoms with Gasteiger partial charge in [-0.25, -0.2) is 4.39 Å². The molecule has 1 aliphatic heterocycles. The maximum atomic E-state index is 13.8. The second kappa shape index (κ2) is 8.28. The molecule has 0 bridgehead atoms. The summed E-state index contributed by atoms with van der Waals surface area (Å²) in [6.07, 6.45) is 0.857. The lowest BCUT2D eigenvalue weighted by molar-refractivity contribution is 0.0663. The summed E-state index contributed by atoms with van der Waals surface area (Å²) in [4.78, 5) is 28.0. The molecule has 0 saturated carbocycles. The van der Waals surface area contributed by atoms with E-state index in [0.29, 0.717) is 19.0 Å². The van der Waals surface area contributed by atoms with Gasteiger partial charge >= 0.3 is 0 Å². The van der Waals surface area contributed by atoms with Crippen molar-refractivity contribution >= 4 is 16.9 Å². The Hall–Kier alpha value is -3.19. The summed E-state index contributed by atoms with van der Waals surface area (Å²) >= 11 is 0. The lowest BCUT2D eigenvalue weighted by atomic mass is 9.98. The van der Waals surface area contributed by atoms with Crippen LogP contribution in [0.5, 0.6) is 5.75 Å². The summed E-state index contributed by atoms with van der Waals surface area (Å²) in [6, 6.07) is 10.3. The van der Waals surface area contributed by atoms with Gasteiger partial charge in [-0.2, -0.15) is 0 Å². The molecule has 4 rings (SSSR count). The first-order chi connectivity index (χ1) is 14.5. The minimum Gasteiger partial charge on any atom is -0.494 e. The smallest absolute Gasteiger partial charge is 0.290 e. The van der Waals surface area contributed by atoms with Crippen molar-refractivity contribution in [2.45, 2.75) is 19.4 Å². The first-order valence-electron chi connectivity index (χ1n) is 9.84. The van der Waals surface area contributed by atoms with Crippen LogP contribution in [0.3, 0.4) is 0 Å². The minimum atomic E-state index is -0.670. The van der Waals surface area contributed by atoms with E-state index >= 15 is 0 Å². The molecule has 0 saturated heterocycles. The maximum Gasteiger partial charge on any atom is 0.290 e. The van der Waals surface area contributed by atoms with Crippen LogP contribution in [0.2, 0.25) is 0 Å². The molecule has 7 heteroatoms. The molecule has 156 valence electrons. The van der Waals surface area contributed by atoms with Gasteiger partial charge < -0.3 is 18.8 Å². The first-order valence-corrected chi connectivity index (χ1v) is 9.84. The number of amides is 1. The van der Waals surface area contributed by atoms with Crippen molar-refractivity contribution in [3.05, 3.63) is 75.4 Å². The van der Waals surface area contributed by atoms with Gasteiger partial charge in [-0.3, -0.25) is 9.59 Å². The molecule has 3 aromatic rings. The Morgan fingerprint density at radius 2 is 1.97 bits per heavy atom. The van der Waals surface area contributed by atoms with E-state index < -0.39 is 23.2 Å². The zero-order valence-electron chi connectivity index (χ0n) is 16.8. The lowest BCUT2D eigenvalue weighted by Crippen LogP contribution is -2.32. The molecule has 2 heterocycles. The monoisotopic (exact) mass is 411 g/mol. The van der Waals surface area contributed by atoms with Crippen molar-refractivity contribution in [1.29, 1.82) is 0 Å². The molecule has 0 aliphatic carbocycles. The van der Waals surface area contributed by atoms with Crippen molar-refractivity contribution < 1.29 is 23.1 Å². The molecule has 0 radical (unpaired) electrons. The Morgan fingerprint density at radius 3 is 2.73 bits per heavy atom. The number of hydrogen-bond acceptors (Lipinski definition) is 5. The molecular formula is C23H22FNO5. The predicted molar refractivity (Wildman–Crippen MR) is 109 cm³/mol. The maximum absolute atomic E-state index is 13.8. The number of ether oxygens (including phenoxy) is 2. The van der Waals surface area contributed by atoms with Crippen molar-refractivity contribution in [1.82, 2.24) is 4.90 Å². The molecule has 0 N–H and O–H groups in total. The van der Waals surface area contributed by atoms with Gasteiger partial charge in [-0.15, -0.1) is 0 Å². The largest absolute Gasteiger partial charge is 0.494 e. The molecule has 0 spiro atoms. The fourth-order valence-electron chi connectivity index (χ4n) is 3.75. The fraction of sp³-hybridized carbons (Fsp3) is 0.304. The number of carbonyl (C=O) groups excluding carboxylic acids is 1. The van der Waals surface area contributed by atoms with Crippen LogP contribution >= 0.6 is 0 Å². The normalized spacial score (nSPS) is 15.6. The highest BCUT2D eigenvalue weighted by atomic mass is 19.1. The average molecular weight is 411 g/mol. The highest BCUT2D eigenvalue weighted by Gasteiger charge is 2.42. The van der Waals surface area contributed by atoms with Gasteiger partial charge in [0, 0.05) is 13.7 Å². The van der Waals surface area contributed by atoms with Crippen LogP contribution in [0.1, 0.15) is 41.1 Å². The summed E-state index contributed by atoms with van der Waals surface area (Å²) in [5.74, 6) is -0.296. The van der Waals surface area contributed by atoms with E-state index in [2.05, 4.69) is 0 Å². The second-order valence-electron chi connectivity index (χ2n) is 7.13. The number of nitrogens with zero attached hydrogens (tertiary/aromatic N) is 1. The number of rotatable bonds is 7. The van der Waals surface area contributed by atoms with Crippen LogP contribution in [-0.2, 0) is 4.74 Å². The van der Waals surface area contributed by atoms with E-state index in [1.54, 1.807) is 12.0 Å². The van der Waals surface area contributed by atoms with Crippen molar-refractivity contribution in [3.8, 4) is 5.75 Å². The molecule has 2 aromatic carbocycles. The molecule has 1 aromatic heterocycles. The second-order valence-corrected chi connectivity index (χ2v) is 7.13. The van der Waals surface area contributed by atoms with Gasteiger partial charge in [0.15, 0.2) is 5.43 Å². The zero-order valence-corrected chi connectivity index (χ0v) is 16.8. The van der Waals surface area contributed by atoms with Crippen LogP contribution in [0.25, 0.3) is 11.0 Å². The highest BCUT2D eigenvalue weighted by Crippen LogP contribution is 2.38. The van der Waals surface area contributed by atoms with E-state index in [4.69, 9.17) is 13.9 Å². The van der Waals surface area contributed by atoms with E-state index in [1.807, 2.05) is 31.2 Å². The van der Waals surface area contributed by atoms with Crippen molar-refractivity contribution in [2.24, 2.45) is 0 Å². The Bertz CT molecular complexity index is 1160. The van der Waals surface area contributed by atoms with Crippen LogP contribution in [0.4, 0.5) is 4.39 Å². The fourth-order valence-corrected chi connectivity index (χ4v) is 3.75. The number of halogens is 1. The lowest BCUT2D eigenvalue weighted by Gasteiger charge is -2.25. The SMILES string of the molecule is CCCOc1cccc(C2c3c(oc4ccc(F)cc4c3=O)C(=O)N2CCOC)c1. The summed E-state index contributed by atoms with van der Waals surface area (Å²) in [7, 11) is 1.54. The molecule has 1 aliphatic rings. The predicted octanol–water partition coefficient (Wildman–Crippen LogP) is 3.91. The molecule has 30 heavy (non-hydrogen) atoms. The summed E-state index contributed by atoms with van der Waals surface area (Å²) in [5, 5.41) is 0.110. The van der Waals surface area contributed by atoms with Gasteiger partial charge in [0.1, 0.15) is 17.1 Å². The van der Waals surface area contributed by atoms with Crippen molar-refractivity contribution in [2.75, 3.05) is 26.9 Å². The van der Waals surface area contributed by atoms with E-state index in [1.165, 1.54) is 12.1 Å². The Morgan fingerprint density at radius 1 is 1.13 bits per heavy atom. The Kier molecular flexibility index (Phi) is 5.55. The number of carbonyl (C=O) groups is 1. The van der Waals surface area contributed by atoms with Crippen LogP contribution < -0.4 is 10.2 Å². The van der Waals surface area contributed by atoms with E-state index in [0.717, 1.165) is 18.1 Å². The van der Waals surface area contributed by atoms with E-state index in [-0.39, 0.29) is 28.8 Å². The van der Waals surface area contributed by atoms with Gasteiger partial charge in [0.2, 0.25) is 5.76 Å². The summed E-state index contributed by atoms with van der Waals surface area (Å²) in [5.41, 5.74) is 0.696. The number of hydrogen-bond donors (Lipinski definition) is 0. The average Bonchev–Trinajstić information content (AvgIpc) is 3.03. The molecule has 1 unspecified atom stereocenters. The van der Waals surface area contributed by atoms with Crippen LogP contribution in [0.15, 0.2) is 51.7 Å². The Labute approximate surface area is 172 Å². The molecular weight excluding hydrogens is 389 g/mol. The third kappa shape index (κ3) is 3.45. The Balaban J connectivity index is 1.90. The van der Waals surface area contributed by atoms with Crippen molar-refractivity contribution in [3.63, 3.8) is 0 Å².